The Morgan fingerprint density at radius 2 is 1.02 bits per heavy atom. The van der Waals surface area contributed by atoms with Crippen LogP contribution in [0.3, 0.4) is 0 Å². The van der Waals surface area contributed by atoms with Gasteiger partial charge in [0.15, 0.2) is 49.9 Å². The lowest BCUT2D eigenvalue weighted by Gasteiger charge is -2.75. The molecule has 2 aromatic rings. The molecule has 604 valence electrons. The maximum Gasteiger partial charge on any atom is 0.338 e. The van der Waals surface area contributed by atoms with Gasteiger partial charge in [0.1, 0.15) is 110 Å². The maximum absolute atomic E-state index is 14.4. The number of carbonyl (C=O) groups excluding carboxylic acids is 2. The van der Waals surface area contributed by atoms with E-state index in [2.05, 4.69) is 20.8 Å². The number of carbonyl (C=O) groups is 3. The zero-order valence-electron chi connectivity index (χ0n) is 61.7. The van der Waals surface area contributed by atoms with E-state index in [4.69, 9.17) is 61.6 Å². The fourth-order valence-electron chi connectivity index (χ4n) is 21.6. The van der Waals surface area contributed by atoms with Crippen molar-refractivity contribution in [2.75, 3.05) is 13.2 Å². The molecule has 32 heteroatoms. The van der Waals surface area contributed by atoms with Crippen LogP contribution in [0, 0.1) is 50.2 Å². The molecular weight excluding hydrogens is 1420 g/mol. The number of hydrogen-bond donors (Lipinski definition) is 16. The average Bonchev–Trinajstić information content (AvgIpc) is 1.41. The van der Waals surface area contributed by atoms with Crippen molar-refractivity contribution in [1.82, 2.24) is 0 Å². The minimum atomic E-state index is -2.38. The summed E-state index contributed by atoms with van der Waals surface area (Å²) in [5, 5.41) is 183. The van der Waals surface area contributed by atoms with Gasteiger partial charge in [-0.05, 0) is 117 Å². The third kappa shape index (κ3) is 13.3. The van der Waals surface area contributed by atoms with Crippen LogP contribution in [-0.4, -0.2) is 303 Å². The van der Waals surface area contributed by atoms with Gasteiger partial charge in [-0.3, -0.25) is 0 Å². The zero-order chi connectivity index (χ0) is 78.2. The number of aliphatic carboxylic acids is 1. The van der Waals surface area contributed by atoms with E-state index in [1.165, 1.54) is 19.9 Å². The van der Waals surface area contributed by atoms with Crippen LogP contribution in [0.5, 0.6) is 0 Å². The molecule has 0 aromatic heterocycles. The van der Waals surface area contributed by atoms with Crippen LogP contribution >= 0.6 is 0 Å². The van der Waals surface area contributed by atoms with Crippen LogP contribution in [-0.2, 0) is 71.2 Å². The number of carboxylic acid groups (broad SMARTS) is 1. The number of aliphatic hydroxyl groups excluding tert-OH is 15. The molecule has 0 amide bonds. The number of ether oxygens (including phenoxy) is 13. The van der Waals surface area contributed by atoms with Gasteiger partial charge >= 0.3 is 17.9 Å². The standard InChI is InChI=1S/C76H108O32/c1-32-44(81)48(85)52(89)64(96-32)104-57-50(87)45(82)33(2)97-66(57)105-58-51(88)47(84)37(31-78)99-67(58)102-55-54(91)56(62(92)93)103-68(59(55)106-65-53(90)49(86)46(83)36(30-77)98-65)100-42-24-25-72(7)38(71(42,5)6)22-26-73(8)39(72)23-27-75-40-28-70(3,4)60(107-63(94)35-18-14-11-15-19-35)61(101-43(80)21-20-34-16-12-10-13-17-34)76(40,69(95)108-75)41(79)29-74(73,75)9/h10-21,32-33,36-42,44-61,64-69,77-79,81-91,95H,22-31H2,1-9H3,(H,92,93)/b21-20-/t32-,33-,36+,37+,38?,39+,40?,41+,42-,44-,45-,46-,47-,48+,49-,50+,51-,52+,53+,54-,55-,56-,57+,58+,59+,60-,61-,64+,65-,66+,67-,68+,69-,72-,73+,74-,75-,76+/m0/s1. The molecule has 6 heterocycles. The van der Waals surface area contributed by atoms with Crippen molar-refractivity contribution < 1.29 is 158 Å². The summed E-state index contributed by atoms with van der Waals surface area (Å²) in [5.74, 6) is -4.27. The van der Waals surface area contributed by atoms with Crippen LogP contribution in [0.2, 0.25) is 0 Å². The number of rotatable bonds is 18. The summed E-state index contributed by atoms with van der Waals surface area (Å²) in [7, 11) is 0. The van der Waals surface area contributed by atoms with E-state index in [-0.39, 0.29) is 36.7 Å². The lowest BCUT2D eigenvalue weighted by molar-refractivity contribution is -0.412. The molecule has 0 radical (unpaired) electrons. The average molecular weight is 1530 g/mol. The molecule has 108 heavy (non-hydrogen) atoms. The number of aliphatic hydroxyl groups is 15. The summed E-state index contributed by atoms with van der Waals surface area (Å²) < 4.78 is 82.4. The largest absolute Gasteiger partial charge is 0.479 e. The molecule has 6 saturated heterocycles. The zero-order valence-corrected chi connectivity index (χ0v) is 61.7. The van der Waals surface area contributed by atoms with Gasteiger partial charge in [-0.2, -0.15) is 0 Å². The minimum Gasteiger partial charge on any atom is -0.479 e. The first-order chi connectivity index (χ1) is 50.9. The van der Waals surface area contributed by atoms with E-state index in [1.807, 2.05) is 58.0 Å². The predicted octanol–water partition coefficient (Wildman–Crippen LogP) is -0.990. The van der Waals surface area contributed by atoms with Crippen LogP contribution in [0.1, 0.15) is 130 Å². The summed E-state index contributed by atoms with van der Waals surface area (Å²) in [4.78, 5) is 42.2. The summed E-state index contributed by atoms with van der Waals surface area (Å²) in [6.07, 6.45) is -49.2. The highest BCUT2D eigenvalue weighted by molar-refractivity contribution is 5.90. The third-order valence-electron chi connectivity index (χ3n) is 27.5. The van der Waals surface area contributed by atoms with Crippen molar-refractivity contribution in [2.24, 2.45) is 50.2 Å². The first-order valence-electron chi connectivity index (χ1n) is 37.6. The Morgan fingerprint density at radius 1 is 0.500 bits per heavy atom. The second-order valence-electron chi connectivity index (χ2n) is 34.0. The van der Waals surface area contributed by atoms with Gasteiger partial charge in [0, 0.05) is 22.8 Å². The molecule has 5 aliphatic carbocycles. The molecule has 5 saturated carbocycles. The monoisotopic (exact) mass is 1530 g/mol. The summed E-state index contributed by atoms with van der Waals surface area (Å²) in [5.41, 5.74) is -5.88. The van der Waals surface area contributed by atoms with Crippen LogP contribution in [0.4, 0.5) is 0 Å². The molecule has 2 bridgehead atoms. The topological polar surface area (TPSA) is 495 Å². The second-order valence-corrected chi connectivity index (χ2v) is 34.0. The quantitative estimate of drug-likeness (QED) is 0.0484. The van der Waals surface area contributed by atoms with Crippen molar-refractivity contribution in [1.29, 1.82) is 0 Å². The Hall–Kier alpha value is -4.45. The highest BCUT2D eigenvalue weighted by atomic mass is 16.8. The van der Waals surface area contributed by atoms with Crippen molar-refractivity contribution in [3.63, 3.8) is 0 Å². The number of fused-ring (bicyclic) bond motifs is 4. The molecule has 2 aromatic carbocycles. The molecular formula is C76H108O32. The van der Waals surface area contributed by atoms with Gasteiger partial charge in [0.05, 0.1) is 54.2 Å². The van der Waals surface area contributed by atoms with E-state index >= 15 is 0 Å². The van der Waals surface area contributed by atoms with Gasteiger partial charge in [0.25, 0.3) is 0 Å². The lowest BCUT2D eigenvalue weighted by atomic mass is 9.30. The second kappa shape index (κ2) is 30.4. The van der Waals surface area contributed by atoms with Crippen molar-refractivity contribution in [3.8, 4) is 0 Å². The first-order valence-corrected chi connectivity index (χ1v) is 37.6. The Labute approximate surface area is 624 Å². The molecule has 2 unspecified atom stereocenters. The number of carboxylic acids is 1. The van der Waals surface area contributed by atoms with Gasteiger partial charge < -0.3 is 143 Å². The molecule has 11 aliphatic rings. The lowest BCUT2D eigenvalue weighted by Crippen LogP contribution is -2.77. The highest BCUT2D eigenvalue weighted by Crippen LogP contribution is 2.82. The highest BCUT2D eigenvalue weighted by Gasteiger charge is 2.86. The number of esters is 2. The van der Waals surface area contributed by atoms with E-state index in [9.17, 15) is 96.1 Å². The number of hydrogen-bond acceptors (Lipinski definition) is 31. The van der Waals surface area contributed by atoms with Crippen LogP contribution in [0.25, 0.3) is 6.08 Å². The van der Waals surface area contributed by atoms with E-state index in [1.54, 1.807) is 36.4 Å². The van der Waals surface area contributed by atoms with Gasteiger partial charge in [-0.25, -0.2) is 14.4 Å². The van der Waals surface area contributed by atoms with Gasteiger partial charge in [-0.15, -0.1) is 0 Å². The smallest absolute Gasteiger partial charge is 0.338 e. The first kappa shape index (κ1) is 81.6. The SMILES string of the molecule is C[C@@H]1O[C@H](O[C@H]2[C@@H](O[C@H]3[C@H](O[C@H]4[C@H](O)[C@@H](C(=O)O)O[C@@H](O[C@H]5CC[C@@]6(C)C(CC[C@]7(C)[C@@H]6CC[C@]68O[C@H](O)[C@]9(C6CC(C)(C)[C@@H](OC(=O)c6ccccc6)[C@@H]9OC(=O)/C=C\c6ccccc6)[C@H](O)C[C@]87C)C5(C)C)[C@@H]4O[C@@H]4O[C@H](CO)[C@H](O)[C@H](O)[C@H]4O)O[C@H](CO)[C@H](O)[C@@H]3O)O[C@@H](C)[C@H](O)[C@H]2O)[C@H](O)[C@H](O)[C@H]1O. The van der Waals surface area contributed by atoms with Crippen molar-refractivity contribution in [3.05, 3.63) is 77.9 Å². The van der Waals surface area contributed by atoms with E-state index in [0.717, 1.165) is 0 Å². The molecule has 1 spiro atoms. The normalized spacial score (nSPS) is 50.3. The van der Waals surface area contributed by atoms with Gasteiger partial charge in [0.2, 0.25) is 0 Å². The fourth-order valence-corrected chi connectivity index (χ4v) is 21.6. The maximum atomic E-state index is 14.4. The van der Waals surface area contributed by atoms with Gasteiger partial charge in [-0.1, -0.05) is 97.0 Å². The Kier molecular flexibility index (Phi) is 22.9. The van der Waals surface area contributed by atoms with E-state index < -0.39 is 259 Å². The molecule has 38 atom stereocenters. The molecule has 6 aliphatic heterocycles. The predicted molar refractivity (Wildman–Crippen MR) is 365 cm³/mol. The van der Waals surface area contributed by atoms with Crippen molar-refractivity contribution >= 4 is 24.0 Å². The summed E-state index contributed by atoms with van der Waals surface area (Å²) in [6, 6.07) is 17.5. The molecule has 11 fully saturated rings. The number of benzene rings is 2. The van der Waals surface area contributed by atoms with E-state index in [0.29, 0.717) is 37.7 Å². The minimum absolute atomic E-state index is 0.0823. The Balaban J connectivity index is 0.808. The molecule has 32 nitrogen and oxygen atoms in total. The summed E-state index contributed by atoms with van der Waals surface area (Å²) in [6.45, 7) is 15.1. The molecule has 13 rings (SSSR count). The van der Waals surface area contributed by atoms with Crippen LogP contribution < -0.4 is 0 Å². The van der Waals surface area contributed by atoms with Crippen LogP contribution in [0.15, 0.2) is 66.7 Å². The summed E-state index contributed by atoms with van der Waals surface area (Å²) >= 11 is 0. The Bertz CT molecular complexity index is 3520. The van der Waals surface area contributed by atoms with Crippen molar-refractivity contribution in [2.45, 2.75) is 304 Å². The third-order valence-corrected chi connectivity index (χ3v) is 27.5. The fraction of sp³-hybridized carbons (Fsp3) is 0.776. The Morgan fingerprint density at radius 3 is 1.65 bits per heavy atom. The molecule has 16 N–H and O–H groups in total.